The van der Waals surface area contributed by atoms with Gasteiger partial charge in [-0.3, -0.25) is 9.52 Å². The zero-order valence-corrected chi connectivity index (χ0v) is 12.1. The van der Waals surface area contributed by atoms with Gasteiger partial charge in [-0.25, -0.2) is 8.42 Å². The van der Waals surface area contributed by atoms with E-state index in [1.54, 1.807) is 12.1 Å². The van der Waals surface area contributed by atoms with Gasteiger partial charge in [0.25, 0.3) is 10.0 Å². The lowest BCUT2D eigenvalue weighted by molar-refractivity contribution is -0.139. The third-order valence-corrected chi connectivity index (χ3v) is 4.48. The molecule has 0 aliphatic heterocycles. The SMILES string of the molecule is COC(=O)Cc1ccc(S(=O)(=O)Nc2nncs2)cc1. The van der Waals surface area contributed by atoms with Crippen LogP contribution in [0.3, 0.4) is 0 Å². The summed E-state index contributed by atoms with van der Waals surface area (Å²) in [5, 5.41) is 7.36. The average Bonchev–Trinajstić information content (AvgIpc) is 2.91. The smallest absolute Gasteiger partial charge is 0.309 e. The molecular weight excluding hydrogens is 302 g/mol. The van der Waals surface area contributed by atoms with Crippen LogP contribution in [0, 0.1) is 0 Å². The number of nitrogens with one attached hydrogen (secondary N) is 1. The molecule has 20 heavy (non-hydrogen) atoms. The molecule has 7 nitrogen and oxygen atoms in total. The Labute approximate surface area is 119 Å². The van der Waals surface area contributed by atoms with Gasteiger partial charge in [0.2, 0.25) is 5.13 Å². The molecule has 0 radical (unpaired) electrons. The zero-order valence-electron chi connectivity index (χ0n) is 10.4. The fraction of sp³-hybridized carbons (Fsp3) is 0.182. The number of hydrogen-bond acceptors (Lipinski definition) is 7. The highest BCUT2D eigenvalue weighted by molar-refractivity contribution is 7.93. The van der Waals surface area contributed by atoms with Crippen LogP contribution in [0.4, 0.5) is 5.13 Å². The standard InChI is InChI=1S/C11H11N3O4S2/c1-18-10(15)6-8-2-4-9(5-3-8)20(16,17)14-11-13-12-7-19-11/h2-5,7H,6H2,1H3,(H,13,14). The summed E-state index contributed by atoms with van der Waals surface area (Å²) in [6, 6.07) is 5.96. The van der Waals surface area contributed by atoms with E-state index in [4.69, 9.17) is 0 Å². The molecule has 0 bridgehead atoms. The maximum absolute atomic E-state index is 12.0. The van der Waals surface area contributed by atoms with Crippen molar-refractivity contribution < 1.29 is 17.9 Å². The number of carbonyl (C=O) groups is 1. The first-order valence-corrected chi connectivity index (χ1v) is 7.82. The minimum atomic E-state index is -3.69. The number of sulfonamides is 1. The minimum Gasteiger partial charge on any atom is -0.469 e. The van der Waals surface area contributed by atoms with E-state index in [2.05, 4.69) is 19.7 Å². The Morgan fingerprint density at radius 3 is 2.60 bits per heavy atom. The van der Waals surface area contributed by atoms with Crippen LogP contribution in [0.2, 0.25) is 0 Å². The molecule has 106 valence electrons. The second-order valence-corrected chi connectivity index (χ2v) is 6.26. The highest BCUT2D eigenvalue weighted by atomic mass is 32.2. The Morgan fingerprint density at radius 1 is 1.35 bits per heavy atom. The number of hydrogen-bond donors (Lipinski definition) is 1. The van der Waals surface area contributed by atoms with Crippen molar-refractivity contribution in [3.63, 3.8) is 0 Å². The van der Waals surface area contributed by atoms with E-state index in [0.29, 0.717) is 5.56 Å². The Balaban J connectivity index is 2.14. The quantitative estimate of drug-likeness (QED) is 0.829. The van der Waals surface area contributed by atoms with Crippen LogP contribution in [0.5, 0.6) is 0 Å². The summed E-state index contributed by atoms with van der Waals surface area (Å²) >= 11 is 1.09. The molecular formula is C11H11N3O4S2. The van der Waals surface area contributed by atoms with Crippen LogP contribution in [0.25, 0.3) is 0 Å². The topological polar surface area (TPSA) is 98.2 Å². The second kappa shape index (κ2) is 5.97. The van der Waals surface area contributed by atoms with Gasteiger partial charge in [0, 0.05) is 0 Å². The number of rotatable bonds is 5. The molecule has 0 spiro atoms. The van der Waals surface area contributed by atoms with Crippen LogP contribution in [-0.2, 0) is 26.0 Å². The predicted octanol–water partition coefficient (Wildman–Crippen LogP) is 1.05. The molecule has 0 unspecified atom stereocenters. The van der Waals surface area contributed by atoms with Crippen molar-refractivity contribution in [3.05, 3.63) is 35.3 Å². The summed E-state index contributed by atoms with van der Waals surface area (Å²) in [5.41, 5.74) is 2.10. The van der Waals surface area contributed by atoms with Crippen molar-refractivity contribution in [1.82, 2.24) is 10.2 Å². The fourth-order valence-corrected chi connectivity index (χ4v) is 3.11. The number of esters is 1. The molecule has 0 amide bonds. The molecule has 0 aliphatic rings. The van der Waals surface area contributed by atoms with Crippen LogP contribution >= 0.6 is 11.3 Å². The van der Waals surface area contributed by atoms with Crippen molar-refractivity contribution >= 4 is 32.5 Å². The van der Waals surface area contributed by atoms with Gasteiger partial charge < -0.3 is 4.74 Å². The van der Waals surface area contributed by atoms with Crippen molar-refractivity contribution in [1.29, 1.82) is 0 Å². The summed E-state index contributed by atoms with van der Waals surface area (Å²) in [4.78, 5) is 11.2. The molecule has 0 atom stereocenters. The predicted molar refractivity (Wildman–Crippen MR) is 72.9 cm³/mol. The lowest BCUT2D eigenvalue weighted by Crippen LogP contribution is -2.13. The van der Waals surface area contributed by atoms with Gasteiger partial charge in [0.15, 0.2) is 0 Å². The minimum absolute atomic E-state index is 0.0846. The van der Waals surface area contributed by atoms with Crippen LogP contribution in [0.15, 0.2) is 34.7 Å². The molecule has 1 aromatic heterocycles. The molecule has 2 aromatic rings. The number of carbonyl (C=O) groups excluding carboxylic acids is 1. The fourth-order valence-electron chi connectivity index (χ4n) is 1.42. The number of ether oxygens (including phenoxy) is 1. The monoisotopic (exact) mass is 313 g/mol. The Kier molecular flexibility index (Phi) is 4.30. The van der Waals surface area contributed by atoms with Gasteiger partial charge in [0.05, 0.1) is 18.4 Å². The van der Waals surface area contributed by atoms with Gasteiger partial charge in [-0.05, 0) is 17.7 Å². The maximum Gasteiger partial charge on any atom is 0.309 e. The lowest BCUT2D eigenvalue weighted by atomic mass is 10.2. The summed E-state index contributed by atoms with van der Waals surface area (Å²) < 4.78 is 30.9. The largest absolute Gasteiger partial charge is 0.469 e. The summed E-state index contributed by atoms with van der Waals surface area (Å²) in [5.74, 6) is -0.382. The van der Waals surface area contributed by atoms with Crippen LogP contribution in [-0.4, -0.2) is 31.7 Å². The van der Waals surface area contributed by atoms with E-state index in [-0.39, 0.29) is 22.4 Å². The molecule has 1 heterocycles. The van der Waals surface area contributed by atoms with Gasteiger partial charge in [0.1, 0.15) is 5.51 Å². The second-order valence-electron chi connectivity index (χ2n) is 3.75. The lowest BCUT2D eigenvalue weighted by Gasteiger charge is -2.05. The van der Waals surface area contributed by atoms with E-state index < -0.39 is 10.0 Å². The number of methoxy groups -OCH3 is 1. The van der Waals surface area contributed by atoms with Gasteiger partial charge in [-0.1, -0.05) is 23.5 Å². The van der Waals surface area contributed by atoms with Crippen molar-refractivity contribution in [2.24, 2.45) is 0 Å². The molecule has 1 N–H and O–H groups in total. The van der Waals surface area contributed by atoms with Gasteiger partial charge >= 0.3 is 5.97 Å². The van der Waals surface area contributed by atoms with E-state index >= 15 is 0 Å². The first-order valence-electron chi connectivity index (χ1n) is 5.46. The van der Waals surface area contributed by atoms with Crippen LogP contribution < -0.4 is 4.72 Å². The molecule has 0 fully saturated rings. The first-order chi connectivity index (χ1) is 9.51. The van der Waals surface area contributed by atoms with Crippen LogP contribution in [0.1, 0.15) is 5.56 Å². The third-order valence-electron chi connectivity index (χ3n) is 2.39. The van der Waals surface area contributed by atoms with E-state index in [1.165, 1.54) is 24.8 Å². The van der Waals surface area contributed by atoms with Crippen molar-refractivity contribution in [2.45, 2.75) is 11.3 Å². The Morgan fingerprint density at radius 2 is 2.05 bits per heavy atom. The zero-order chi connectivity index (χ0) is 14.6. The highest BCUT2D eigenvalue weighted by Gasteiger charge is 2.15. The van der Waals surface area contributed by atoms with Crippen molar-refractivity contribution in [3.8, 4) is 0 Å². The van der Waals surface area contributed by atoms with Crippen molar-refractivity contribution in [2.75, 3.05) is 11.8 Å². The number of aromatic nitrogens is 2. The van der Waals surface area contributed by atoms with E-state index in [0.717, 1.165) is 11.3 Å². The Hall–Kier alpha value is -2.00. The number of nitrogens with zero attached hydrogens (tertiary/aromatic N) is 2. The number of anilines is 1. The normalized spacial score (nSPS) is 11.1. The molecule has 2 rings (SSSR count). The third kappa shape index (κ3) is 3.52. The molecule has 0 aliphatic carbocycles. The van der Waals surface area contributed by atoms with E-state index in [9.17, 15) is 13.2 Å². The summed E-state index contributed by atoms with van der Waals surface area (Å²) in [7, 11) is -2.39. The molecule has 1 aromatic carbocycles. The average molecular weight is 313 g/mol. The van der Waals surface area contributed by atoms with E-state index in [1.807, 2.05) is 0 Å². The summed E-state index contributed by atoms with van der Waals surface area (Å²) in [6.07, 6.45) is 0.0979. The molecule has 9 heteroatoms. The first kappa shape index (κ1) is 14.4. The number of benzene rings is 1. The molecule has 0 saturated heterocycles. The maximum atomic E-state index is 12.0. The van der Waals surface area contributed by atoms with Gasteiger partial charge in [-0.2, -0.15) is 0 Å². The summed E-state index contributed by atoms with van der Waals surface area (Å²) in [6.45, 7) is 0. The molecule has 0 saturated carbocycles. The Bertz CT molecular complexity index is 681. The highest BCUT2D eigenvalue weighted by Crippen LogP contribution is 2.17. The van der Waals surface area contributed by atoms with Gasteiger partial charge in [-0.15, -0.1) is 10.2 Å².